The summed E-state index contributed by atoms with van der Waals surface area (Å²) < 4.78 is 4.85. The predicted octanol–water partition coefficient (Wildman–Crippen LogP) is 13.2. The van der Waals surface area contributed by atoms with Gasteiger partial charge in [0.25, 0.3) is 0 Å². The molecule has 0 N–H and O–H groups in total. The highest BCUT2D eigenvalue weighted by molar-refractivity contribution is 6.16. The maximum Gasteiger partial charge on any atom is 0.0576 e. The van der Waals surface area contributed by atoms with E-state index in [2.05, 4.69) is 204 Å². The molecule has 0 aliphatic carbocycles. The number of rotatable bonds is 5. The van der Waals surface area contributed by atoms with Gasteiger partial charge >= 0.3 is 0 Å². The van der Waals surface area contributed by atoms with E-state index in [0.717, 1.165) is 5.69 Å². The van der Waals surface area contributed by atoms with Crippen molar-refractivity contribution in [1.82, 2.24) is 9.13 Å². The summed E-state index contributed by atoms with van der Waals surface area (Å²) in [5.41, 5.74) is 15.8. The summed E-state index contributed by atoms with van der Waals surface area (Å²) in [6.45, 7) is 2.30. The second-order valence-electron chi connectivity index (χ2n) is 13.4. The lowest BCUT2D eigenvalue weighted by atomic mass is 9.88. The van der Waals surface area contributed by atoms with E-state index in [9.17, 15) is 0 Å². The van der Waals surface area contributed by atoms with E-state index >= 15 is 0 Å². The van der Waals surface area contributed by atoms with Crippen LogP contribution in [0, 0.1) is 6.92 Å². The first-order chi connectivity index (χ1) is 25.2. The van der Waals surface area contributed by atoms with Gasteiger partial charge in [0, 0.05) is 32.9 Å². The molecule has 0 fully saturated rings. The Labute approximate surface area is 297 Å². The van der Waals surface area contributed by atoms with E-state index in [1.807, 2.05) is 0 Å². The molecule has 0 aliphatic heterocycles. The van der Waals surface area contributed by atoms with Crippen molar-refractivity contribution in [2.45, 2.75) is 6.92 Å². The summed E-state index contributed by atoms with van der Waals surface area (Å²) in [6.07, 6.45) is 0. The van der Waals surface area contributed by atoms with Gasteiger partial charge in [-0.3, -0.25) is 0 Å². The summed E-state index contributed by atoms with van der Waals surface area (Å²) in [5.74, 6) is 0. The Morgan fingerprint density at radius 1 is 0.333 bits per heavy atom. The molecule has 51 heavy (non-hydrogen) atoms. The smallest absolute Gasteiger partial charge is 0.0576 e. The SMILES string of the molecule is Cc1c(-c2ccccc2)c(-c2ccc3c(c2)c2cc(-c4ccccc4)ccc2n3-c2ccccc2)cc2c3ccccc3n(-c3ccccc3)c12. The van der Waals surface area contributed by atoms with Crippen molar-refractivity contribution in [2.24, 2.45) is 0 Å². The Kier molecular flexibility index (Phi) is 6.75. The number of benzene rings is 8. The minimum atomic E-state index is 1.16. The van der Waals surface area contributed by atoms with Crippen LogP contribution in [0.4, 0.5) is 0 Å². The Bertz CT molecular complexity index is 2880. The van der Waals surface area contributed by atoms with Gasteiger partial charge in [0.2, 0.25) is 0 Å². The Balaban J connectivity index is 1.30. The highest BCUT2D eigenvalue weighted by Crippen LogP contribution is 2.45. The van der Waals surface area contributed by atoms with Crippen LogP contribution >= 0.6 is 0 Å². The molecule has 0 unspecified atom stereocenters. The minimum absolute atomic E-state index is 1.16. The molecule has 0 amide bonds. The van der Waals surface area contributed by atoms with Crippen molar-refractivity contribution in [3.05, 3.63) is 194 Å². The molecule has 10 aromatic rings. The molecule has 240 valence electrons. The van der Waals surface area contributed by atoms with Crippen molar-refractivity contribution in [3.63, 3.8) is 0 Å². The number of hydrogen-bond acceptors (Lipinski definition) is 0. The van der Waals surface area contributed by atoms with Crippen LogP contribution in [0.25, 0.3) is 88.4 Å². The van der Waals surface area contributed by atoms with E-state index in [1.54, 1.807) is 0 Å². The average Bonchev–Trinajstić information content (AvgIpc) is 3.71. The molecule has 0 saturated carbocycles. The fraction of sp³-hybridized carbons (Fsp3) is 0.0204. The third-order valence-electron chi connectivity index (χ3n) is 10.5. The molecule has 0 bridgehead atoms. The van der Waals surface area contributed by atoms with Gasteiger partial charge in [-0.05, 0) is 107 Å². The molecule has 0 saturated heterocycles. The maximum absolute atomic E-state index is 2.44. The molecule has 2 aromatic heterocycles. The van der Waals surface area contributed by atoms with Crippen LogP contribution < -0.4 is 0 Å². The first kappa shape index (κ1) is 29.3. The lowest BCUT2D eigenvalue weighted by Gasteiger charge is -2.18. The molecule has 8 aromatic carbocycles. The number of aromatic nitrogens is 2. The molecule has 0 radical (unpaired) electrons. The van der Waals surface area contributed by atoms with Crippen LogP contribution in [-0.4, -0.2) is 9.13 Å². The highest BCUT2D eigenvalue weighted by Gasteiger charge is 2.22. The molecule has 2 heteroatoms. The molecule has 0 aliphatic rings. The predicted molar refractivity (Wildman–Crippen MR) is 216 cm³/mol. The fourth-order valence-electron chi connectivity index (χ4n) is 8.22. The van der Waals surface area contributed by atoms with Gasteiger partial charge in [-0.15, -0.1) is 0 Å². The number of nitrogens with zero attached hydrogens (tertiary/aromatic N) is 2. The van der Waals surface area contributed by atoms with E-state index in [0.29, 0.717) is 0 Å². The second kappa shape index (κ2) is 11.8. The Morgan fingerprint density at radius 3 is 1.47 bits per heavy atom. The summed E-state index contributed by atoms with van der Waals surface area (Å²) in [4.78, 5) is 0. The van der Waals surface area contributed by atoms with Crippen molar-refractivity contribution in [3.8, 4) is 44.8 Å². The molecular weight excluding hydrogens is 617 g/mol. The standard InChI is InChI=1S/C49H34N2/c1-33-48(35-18-8-3-9-19-35)41(32-44-40-24-14-15-25-45(40)51(49(33)44)39-22-12-5-13-23-39)37-27-29-47-43(31-37)42-30-36(34-16-6-2-7-17-34)26-28-46(42)50(47)38-20-10-4-11-21-38/h2-32H,1H3. The first-order valence-corrected chi connectivity index (χ1v) is 17.6. The average molecular weight is 651 g/mol. The monoisotopic (exact) mass is 650 g/mol. The van der Waals surface area contributed by atoms with Crippen LogP contribution in [0.5, 0.6) is 0 Å². The Hall–Kier alpha value is -6.64. The third-order valence-corrected chi connectivity index (χ3v) is 10.5. The molecule has 2 heterocycles. The van der Waals surface area contributed by atoms with Gasteiger partial charge < -0.3 is 9.13 Å². The van der Waals surface area contributed by atoms with Crippen LogP contribution in [0.3, 0.4) is 0 Å². The first-order valence-electron chi connectivity index (χ1n) is 17.6. The topological polar surface area (TPSA) is 9.86 Å². The molecule has 2 nitrogen and oxygen atoms in total. The Morgan fingerprint density at radius 2 is 0.824 bits per heavy atom. The highest BCUT2D eigenvalue weighted by atomic mass is 15.0. The molecule has 0 spiro atoms. The van der Waals surface area contributed by atoms with E-state index in [4.69, 9.17) is 0 Å². The number of para-hydroxylation sites is 3. The third kappa shape index (κ3) is 4.65. The molecular formula is C49H34N2. The zero-order valence-corrected chi connectivity index (χ0v) is 28.3. The largest absolute Gasteiger partial charge is 0.309 e. The summed E-state index contributed by atoms with van der Waals surface area (Å²) >= 11 is 0. The zero-order chi connectivity index (χ0) is 33.9. The number of hydrogen-bond donors (Lipinski definition) is 0. The lowest BCUT2D eigenvalue weighted by molar-refractivity contribution is 1.17. The van der Waals surface area contributed by atoms with Crippen molar-refractivity contribution in [2.75, 3.05) is 0 Å². The lowest BCUT2D eigenvalue weighted by Crippen LogP contribution is -1.98. The van der Waals surface area contributed by atoms with Gasteiger partial charge in [-0.2, -0.15) is 0 Å². The van der Waals surface area contributed by atoms with Gasteiger partial charge in [0.1, 0.15) is 0 Å². The van der Waals surface area contributed by atoms with Crippen molar-refractivity contribution < 1.29 is 0 Å². The minimum Gasteiger partial charge on any atom is -0.309 e. The van der Waals surface area contributed by atoms with Gasteiger partial charge in [0.15, 0.2) is 0 Å². The molecule has 0 atom stereocenters. The van der Waals surface area contributed by atoms with Gasteiger partial charge in [-0.25, -0.2) is 0 Å². The maximum atomic E-state index is 2.44. The van der Waals surface area contributed by atoms with E-state index in [1.165, 1.54) is 88.2 Å². The summed E-state index contributed by atoms with van der Waals surface area (Å²) in [5, 5.41) is 5.01. The van der Waals surface area contributed by atoms with Crippen LogP contribution in [0.2, 0.25) is 0 Å². The van der Waals surface area contributed by atoms with Gasteiger partial charge in [-0.1, -0.05) is 127 Å². The fourth-order valence-corrected chi connectivity index (χ4v) is 8.22. The van der Waals surface area contributed by atoms with Gasteiger partial charge in [0.05, 0.1) is 22.1 Å². The number of aryl methyl sites for hydroxylation is 1. The normalized spacial score (nSPS) is 11.6. The molecule has 10 rings (SSSR count). The van der Waals surface area contributed by atoms with Crippen LogP contribution in [0.1, 0.15) is 5.56 Å². The van der Waals surface area contributed by atoms with Crippen LogP contribution in [-0.2, 0) is 0 Å². The number of fused-ring (bicyclic) bond motifs is 6. The second-order valence-corrected chi connectivity index (χ2v) is 13.4. The van der Waals surface area contributed by atoms with Crippen LogP contribution in [0.15, 0.2) is 188 Å². The summed E-state index contributed by atoms with van der Waals surface area (Å²) in [6, 6.07) is 68.3. The van der Waals surface area contributed by atoms with Crippen molar-refractivity contribution in [1.29, 1.82) is 0 Å². The summed E-state index contributed by atoms with van der Waals surface area (Å²) in [7, 11) is 0. The quantitative estimate of drug-likeness (QED) is 0.175. The zero-order valence-electron chi connectivity index (χ0n) is 28.3. The van der Waals surface area contributed by atoms with E-state index in [-0.39, 0.29) is 0 Å². The van der Waals surface area contributed by atoms with Crippen molar-refractivity contribution >= 4 is 43.6 Å². The van der Waals surface area contributed by atoms with E-state index < -0.39 is 0 Å².